The summed E-state index contributed by atoms with van der Waals surface area (Å²) >= 11 is 0. The second kappa shape index (κ2) is 5.66. The van der Waals surface area contributed by atoms with Gasteiger partial charge in [0.05, 0.1) is 6.42 Å². The van der Waals surface area contributed by atoms with Gasteiger partial charge in [0, 0.05) is 6.61 Å². The standard InChI is InChI=1S/C14H16N4O3/c1-3-19-13(9-4-5-9)14-16-12(21-18-14)6-11-10(7-15)8(2)20-17-11/h9,13H,3-6H2,1-2H3. The van der Waals surface area contributed by atoms with Crippen molar-refractivity contribution in [1.82, 2.24) is 15.3 Å². The number of rotatable bonds is 6. The third-order valence-electron chi connectivity index (χ3n) is 3.50. The van der Waals surface area contributed by atoms with Gasteiger partial charge in [-0.25, -0.2) is 0 Å². The van der Waals surface area contributed by atoms with Crippen molar-refractivity contribution in [2.75, 3.05) is 6.61 Å². The lowest BCUT2D eigenvalue weighted by Gasteiger charge is -2.10. The molecule has 1 aliphatic carbocycles. The summed E-state index contributed by atoms with van der Waals surface area (Å²) in [5.74, 6) is 1.98. The molecule has 2 aromatic rings. The normalized spacial score (nSPS) is 15.9. The third kappa shape index (κ3) is 2.81. The second-order valence-corrected chi connectivity index (χ2v) is 5.11. The van der Waals surface area contributed by atoms with Crippen LogP contribution in [0.4, 0.5) is 0 Å². The van der Waals surface area contributed by atoms with Gasteiger partial charge in [-0.05, 0) is 32.6 Å². The first-order valence-corrected chi connectivity index (χ1v) is 7.02. The Hall–Kier alpha value is -2.20. The number of hydrogen-bond acceptors (Lipinski definition) is 7. The van der Waals surface area contributed by atoms with Crippen LogP contribution in [0.2, 0.25) is 0 Å². The van der Waals surface area contributed by atoms with E-state index >= 15 is 0 Å². The molecule has 1 saturated carbocycles. The minimum atomic E-state index is -0.0954. The Morgan fingerprint density at radius 1 is 1.38 bits per heavy atom. The van der Waals surface area contributed by atoms with Gasteiger partial charge in [-0.15, -0.1) is 0 Å². The van der Waals surface area contributed by atoms with Gasteiger partial charge in [0.2, 0.25) is 11.7 Å². The summed E-state index contributed by atoms with van der Waals surface area (Å²) in [6.07, 6.45) is 2.46. The predicted octanol–water partition coefficient (Wildman–Crippen LogP) is 2.32. The van der Waals surface area contributed by atoms with Crippen molar-refractivity contribution in [3.8, 4) is 6.07 Å². The quantitative estimate of drug-likeness (QED) is 0.804. The van der Waals surface area contributed by atoms with Crippen molar-refractivity contribution >= 4 is 0 Å². The molecule has 0 saturated heterocycles. The molecule has 0 spiro atoms. The van der Waals surface area contributed by atoms with E-state index in [-0.39, 0.29) is 12.5 Å². The molecule has 1 aliphatic rings. The van der Waals surface area contributed by atoms with Gasteiger partial charge in [-0.1, -0.05) is 10.3 Å². The number of nitriles is 1. The minimum Gasteiger partial charge on any atom is -0.370 e. The molecular formula is C14H16N4O3. The molecule has 21 heavy (non-hydrogen) atoms. The maximum Gasteiger partial charge on any atom is 0.232 e. The molecule has 1 unspecified atom stereocenters. The predicted molar refractivity (Wildman–Crippen MR) is 70.2 cm³/mol. The van der Waals surface area contributed by atoms with E-state index in [2.05, 4.69) is 21.4 Å². The van der Waals surface area contributed by atoms with E-state index in [9.17, 15) is 0 Å². The largest absolute Gasteiger partial charge is 0.370 e. The van der Waals surface area contributed by atoms with E-state index < -0.39 is 0 Å². The SMILES string of the molecule is CCOC(c1noc(Cc2noc(C)c2C#N)n1)C1CC1. The fourth-order valence-electron chi connectivity index (χ4n) is 2.28. The Morgan fingerprint density at radius 3 is 2.86 bits per heavy atom. The Balaban J connectivity index is 1.77. The smallest absolute Gasteiger partial charge is 0.232 e. The number of hydrogen-bond donors (Lipinski definition) is 0. The van der Waals surface area contributed by atoms with E-state index in [1.54, 1.807) is 6.92 Å². The summed E-state index contributed by atoms with van der Waals surface area (Å²) in [6.45, 7) is 4.27. The Kier molecular flexibility index (Phi) is 3.71. The van der Waals surface area contributed by atoms with Gasteiger partial charge in [0.25, 0.3) is 0 Å². The first kappa shape index (κ1) is 13.8. The molecule has 1 atom stereocenters. The fraction of sp³-hybridized carbons (Fsp3) is 0.571. The van der Waals surface area contributed by atoms with Crippen LogP contribution in [0.25, 0.3) is 0 Å². The average Bonchev–Trinajstić information content (AvgIpc) is 3.12. The van der Waals surface area contributed by atoms with Crippen molar-refractivity contribution < 1.29 is 13.8 Å². The molecule has 0 aromatic carbocycles. The molecule has 0 amide bonds. The second-order valence-electron chi connectivity index (χ2n) is 5.11. The van der Waals surface area contributed by atoms with E-state index in [1.165, 1.54) is 0 Å². The molecule has 2 aromatic heterocycles. The zero-order valence-electron chi connectivity index (χ0n) is 12.0. The van der Waals surface area contributed by atoms with Gasteiger partial charge in [0.15, 0.2) is 5.76 Å². The van der Waals surface area contributed by atoms with Gasteiger partial charge in [-0.2, -0.15) is 10.2 Å². The summed E-state index contributed by atoms with van der Waals surface area (Å²) in [5, 5.41) is 16.9. The first-order valence-electron chi connectivity index (χ1n) is 7.02. The van der Waals surface area contributed by atoms with Crippen molar-refractivity contribution in [1.29, 1.82) is 5.26 Å². The third-order valence-corrected chi connectivity index (χ3v) is 3.50. The fourth-order valence-corrected chi connectivity index (χ4v) is 2.28. The minimum absolute atomic E-state index is 0.0954. The zero-order valence-corrected chi connectivity index (χ0v) is 12.0. The van der Waals surface area contributed by atoms with Gasteiger partial charge < -0.3 is 13.8 Å². The number of nitrogens with zero attached hydrogens (tertiary/aromatic N) is 4. The molecular weight excluding hydrogens is 272 g/mol. The first-order chi connectivity index (χ1) is 10.2. The summed E-state index contributed by atoms with van der Waals surface area (Å²) in [6, 6.07) is 2.07. The molecule has 0 radical (unpaired) electrons. The van der Waals surface area contributed by atoms with Crippen LogP contribution in [0, 0.1) is 24.2 Å². The van der Waals surface area contributed by atoms with E-state index in [0.717, 1.165) is 12.8 Å². The lowest BCUT2D eigenvalue weighted by molar-refractivity contribution is 0.0384. The maximum absolute atomic E-state index is 9.07. The Bertz CT molecular complexity index is 666. The highest BCUT2D eigenvalue weighted by atomic mass is 16.5. The van der Waals surface area contributed by atoms with Gasteiger partial charge in [-0.3, -0.25) is 0 Å². The highest BCUT2D eigenvalue weighted by Gasteiger charge is 2.36. The highest BCUT2D eigenvalue weighted by Crippen LogP contribution is 2.42. The van der Waals surface area contributed by atoms with Crippen LogP contribution < -0.4 is 0 Å². The molecule has 3 rings (SSSR count). The molecule has 2 heterocycles. The van der Waals surface area contributed by atoms with Crippen LogP contribution in [0.15, 0.2) is 9.05 Å². The van der Waals surface area contributed by atoms with Crippen LogP contribution in [0.1, 0.15) is 54.6 Å². The molecule has 7 nitrogen and oxygen atoms in total. The van der Waals surface area contributed by atoms with Crippen molar-refractivity contribution in [3.63, 3.8) is 0 Å². The summed E-state index contributed by atoms with van der Waals surface area (Å²) in [5.41, 5.74) is 0.947. The van der Waals surface area contributed by atoms with Crippen LogP contribution in [0.5, 0.6) is 0 Å². The van der Waals surface area contributed by atoms with Gasteiger partial charge >= 0.3 is 0 Å². The van der Waals surface area contributed by atoms with Crippen LogP contribution >= 0.6 is 0 Å². The van der Waals surface area contributed by atoms with E-state index in [1.807, 2.05) is 6.92 Å². The van der Waals surface area contributed by atoms with Crippen molar-refractivity contribution in [2.24, 2.45) is 5.92 Å². The van der Waals surface area contributed by atoms with Crippen LogP contribution in [-0.2, 0) is 11.2 Å². The van der Waals surface area contributed by atoms with E-state index in [0.29, 0.717) is 41.3 Å². The monoisotopic (exact) mass is 288 g/mol. The summed E-state index contributed by atoms with van der Waals surface area (Å²) in [7, 11) is 0. The summed E-state index contributed by atoms with van der Waals surface area (Å²) in [4.78, 5) is 4.38. The number of ether oxygens (including phenoxy) is 1. The lowest BCUT2D eigenvalue weighted by atomic mass is 10.1. The van der Waals surface area contributed by atoms with Crippen molar-refractivity contribution in [2.45, 2.75) is 39.2 Å². The lowest BCUT2D eigenvalue weighted by Crippen LogP contribution is -2.08. The average molecular weight is 288 g/mol. The van der Waals surface area contributed by atoms with Crippen LogP contribution in [0.3, 0.4) is 0 Å². The highest BCUT2D eigenvalue weighted by molar-refractivity contribution is 5.36. The van der Waals surface area contributed by atoms with Gasteiger partial charge in [0.1, 0.15) is 23.4 Å². The molecule has 7 heteroatoms. The number of aryl methyl sites for hydroxylation is 1. The molecule has 0 aliphatic heterocycles. The van der Waals surface area contributed by atoms with E-state index in [4.69, 9.17) is 19.0 Å². The van der Waals surface area contributed by atoms with Crippen LogP contribution in [-0.4, -0.2) is 21.9 Å². The zero-order chi connectivity index (χ0) is 14.8. The molecule has 110 valence electrons. The Labute approximate surface area is 121 Å². The Morgan fingerprint density at radius 2 is 2.19 bits per heavy atom. The maximum atomic E-state index is 9.07. The summed E-state index contributed by atoms with van der Waals surface area (Å²) < 4.78 is 16.0. The molecule has 1 fully saturated rings. The van der Waals surface area contributed by atoms with Crippen molar-refractivity contribution in [3.05, 3.63) is 28.7 Å². The number of aromatic nitrogens is 3. The molecule has 0 N–H and O–H groups in total. The topological polar surface area (TPSA) is 98.0 Å². The molecule has 0 bridgehead atoms.